The molecular weight excluding hydrogens is 272 g/mol. The molecule has 0 aromatic heterocycles. The van der Waals surface area contributed by atoms with Crippen LogP contribution in [0.3, 0.4) is 0 Å². The molecule has 0 saturated heterocycles. The highest BCUT2D eigenvalue weighted by Gasteiger charge is 2.49. The average molecular weight is 294 g/mol. The van der Waals surface area contributed by atoms with Gasteiger partial charge in [-0.15, -0.1) is 0 Å². The second-order valence-corrected chi connectivity index (χ2v) is 8.58. The van der Waals surface area contributed by atoms with Crippen molar-refractivity contribution in [1.82, 2.24) is 0 Å². The van der Waals surface area contributed by atoms with E-state index >= 15 is 0 Å². The Morgan fingerprint density at radius 3 is 2.45 bits per heavy atom. The third-order valence-electron chi connectivity index (χ3n) is 5.05. The molecule has 2 aliphatic rings. The van der Waals surface area contributed by atoms with Crippen molar-refractivity contribution in [2.75, 3.05) is 6.26 Å². The molecule has 2 atom stereocenters. The standard InChI is InChI=1S/C16H22O3S/c1-20(18,19)15-10-5-11-16(15,17)14-9-3-2-8-13(14)12-6-4-7-12/h2-3,8-9,12,15,17H,4-7,10-11H2,1H3. The summed E-state index contributed by atoms with van der Waals surface area (Å²) in [5.41, 5.74) is 0.828. The molecule has 20 heavy (non-hydrogen) atoms. The predicted molar refractivity (Wildman–Crippen MR) is 79.4 cm³/mol. The summed E-state index contributed by atoms with van der Waals surface area (Å²) >= 11 is 0. The molecule has 2 aliphatic carbocycles. The van der Waals surface area contributed by atoms with Crippen molar-refractivity contribution in [1.29, 1.82) is 0 Å². The van der Waals surface area contributed by atoms with Crippen LogP contribution in [-0.4, -0.2) is 25.0 Å². The van der Waals surface area contributed by atoms with Gasteiger partial charge in [0.25, 0.3) is 0 Å². The molecule has 1 aromatic carbocycles. The van der Waals surface area contributed by atoms with E-state index in [0.29, 0.717) is 18.8 Å². The molecule has 1 aromatic rings. The maximum atomic E-state index is 12.0. The number of rotatable bonds is 3. The van der Waals surface area contributed by atoms with E-state index < -0.39 is 20.7 Å². The van der Waals surface area contributed by atoms with Crippen LogP contribution in [0, 0.1) is 0 Å². The molecular formula is C16H22O3S. The van der Waals surface area contributed by atoms with Crippen molar-refractivity contribution in [2.45, 2.75) is 55.3 Å². The van der Waals surface area contributed by atoms with Gasteiger partial charge in [-0.1, -0.05) is 30.7 Å². The molecule has 0 bridgehead atoms. The van der Waals surface area contributed by atoms with Crippen LogP contribution >= 0.6 is 0 Å². The van der Waals surface area contributed by atoms with Crippen LogP contribution in [0.1, 0.15) is 55.6 Å². The Labute approximate surface area is 120 Å². The van der Waals surface area contributed by atoms with Crippen molar-refractivity contribution < 1.29 is 13.5 Å². The van der Waals surface area contributed by atoms with Gasteiger partial charge in [0.2, 0.25) is 0 Å². The van der Waals surface area contributed by atoms with Gasteiger partial charge in [0, 0.05) is 6.26 Å². The first-order valence-corrected chi connectivity index (χ1v) is 9.39. The molecule has 0 spiro atoms. The zero-order valence-corrected chi connectivity index (χ0v) is 12.7. The van der Waals surface area contributed by atoms with Crippen LogP contribution in [-0.2, 0) is 15.4 Å². The van der Waals surface area contributed by atoms with Crippen molar-refractivity contribution in [3.05, 3.63) is 35.4 Å². The molecule has 3 rings (SSSR count). The lowest BCUT2D eigenvalue weighted by Gasteiger charge is -2.35. The Morgan fingerprint density at radius 2 is 1.85 bits per heavy atom. The Hall–Kier alpha value is -0.870. The van der Waals surface area contributed by atoms with E-state index in [0.717, 1.165) is 30.4 Å². The lowest BCUT2D eigenvalue weighted by Crippen LogP contribution is -2.40. The van der Waals surface area contributed by atoms with E-state index in [1.54, 1.807) is 0 Å². The third kappa shape index (κ3) is 2.19. The quantitative estimate of drug-likeness (QED) is 0.932. The van der Waals surface area contributed by atoms with E-state index in [2.05, 4.69) is 6.07 Å². The average Bonchev–Trinajstić information content (AvgIpc) is 2.71. The summed E-state index contributed by atoms with van der Waals surface area (Å²) < 4.78 is 24.1. The molecule has 2 fully saturated rings. The Balaban J connectivity index is 2.07. The molecule has 110 valence electrons. The van der Waals surface area contributed by atoms with Crippen molar-refractivity contribution in [3.8, 4) is 0 Å². The van der Waals surface area contributed by atoms with Crippen LogP contribution in [0.2, 0.25) is 0 Å². The Bertz CT molecular complexity index is 604. The normalized spacial score (nSPS) is 31.2. The minimum absolute atomic E-state index is 0.496. The van der Waals surface area contributed by atoms with E-state index in [-0.39, 0.29) is 0 Å². The first kappa shape index (κ1) is 14.1. The molecule has 4 heteroatoms. The second-order valence-electron chi connectivity index (χ2n) is 6.35. The summed E-state index contributed by atoms with van der Waals surface area (Å²) in [7, 11) is -3.24. The van der Waals surface area contributed by atoms with Crippen LogP contribution in [0.25, 0.3) is 0 Å². The Kier molecular flexibility index (Phi) is 3.41. The highest BCUT2D eigenvalue weighted by molar-refractivity contribution is 7.91. The van der Waals surface area contributed by atoms with Gasteiger partial charge >= 0.3 is 0 Å². The van der Waals surface area contributed by atoms with Gasteiger partial charge in [0.1, 0.15) is 5.60 Å². The first-order valence-electron chi connectivity index (χ1n) is 7.43. The summed E-state index contributed by atoms with van der Waals surface area (Å²) in [5.74, 6) is 0.496. The van der Waals surface area contributed by atoms with Gasteiger partial charge in [0.15, 0.2) is 9.84 Å². The number of benzene rings is 1. The molecule has 0 aliphatic heterocycles. The second kappa shape index (κ2) is 4.85. The molecule has 2 unspecified atom stereocenters. The number of sulfone groups is 1. The largest absolute Gasteiger partial charge is 0.384 e. The summed E-state index contributed by atoms with van der Waals surface area (Å²) in [6.45, 7) is 0. The van der Waals surface area contributed by atoms with Crippen LogP contribution < -0.4 is 0 Å². The van der Waals surface area contributed by atoms with Crippen molar-refractivity contribution in [3.63, 3.8) is 0 Å². The van der Waals surface area contributed by atoms with Gasteiger partial charge in [-0.2, -0.15) is 0 Å². The van der Waals surface area contributed by atoms with E-state index in [1.165, 1.54) is 12.7 Å². The predicted octanol–water partition coefficient (Wildman–Crippen LogP) is 2.74. The summed E-state index contributed by atoms with van der Waals surface area (Å²) in [6.07, 6.45) is 6.66. The Morgan fingerprint density at radius 1 is 1.15 bits per heavy atom. The molecule has 1 N–H and O–H groups in total. The number of hydrogen-bond acceptors (Lipinski definition) is 3. The molecule has 0 amide bonds. The van der Waals surface area contributed by atoms with E-state index in [1.807, 2.05) is 18.2 Å². The number of aliphatic hydroxyl groups is 1. The molecule has 2 saturated carbocycles. The fraction of sp³-hybridized carbons (Fsp3) is 0.625. The van der Waals surface area contributed by atoms with Gasteiger partial charge in [0.05, 0.1) is 5.25 Å². The third-order valence-corrected chi connectivity index (χ3v) is 6.71. The monoisotopic (exact) mass is 294 g/mol. The summed E-state index contributed by atoms with van der Waals surface area (Å²) in [4.78, 5) is 0. The lowest BCUT2D eigenvalue weighted by molar-refractivity contribution is 0.0459. The topological polar surface area (TPSA) is 54.4 Å². The van der Waals surface area contributed by atoms with Crippen molar-refractivity contribution in [2.24, 2.45) is 0 Å². The van der Waals surface area contributed by atoms with Crippen LogP contribution in [0.4, 0.5) is 0 Å². The highest BCUT2D eigenvalue weighted by atomic mass is 32.2. The molecule has 0 heterocycles. The minimum atomic E-state index is -3.24. The fourth-order valence-corrected chi connectivity index (χ4v) is 5.35. The van der Waals surface area contributed by atoms with E-state index in [9.17, 15) is 13.5 Å². The SMILES string of the molecule is CS(=O)(=O)C1CCCC1(O)c1ccccc1C1CCC1. The van der Waals surface area contributed by atoms with Gasteiger partial charge in [-0.25, -0.2) is 8.42 Å². The zero-order valence-electron chi connectivity index (χ0n) is 11.9. The van der Waals surface area contributed by atoms with Gasteiger partial charge < -0.3 is 5.11 Å². The minimum Gasteiger partial charge on any atom is -0.384 e. The maximum absolute atomic E-state index is 12.0. The highest BCUT2D eigenvalue weighted by Crippen LogP contribution is 2.47. The smallest absolute Gasteiger partial charge is 0.153 e. The van der Waals surface area contributed by atoms with Crippen molar-refractivity contribution >= 4 is 9.84 Å². The van der Waals surface area contributed by atoms with Crippen LogP contribution in [0.15, 0.2) is 24.3 Å². The van der Waals surface area contributed by atoms with Gasteiger partial charge in [-0.05, 0) is 49.1 Å². The molecule has 3 nitrogen and oxygen atoms in total. The fourth-order valence-electron chi connectivity index (χ4n) is 3.80. The number of hydrogen-bond donors (Lipinski definition) is 1. The molecule has 0 radical (unpaired) electrons. The lowest BCUT2D eigenvalue weighted by atomic mass is 9.74. The first-order chi connectivity index (χ1) is 9.43. The van der Waals surface area contributed by atoms with E-state index in [4.69, 9.17) is 0 Å². The zero-order chi connectivity index (χ0) is 14.4. The maximum Gasteiger partial charge on any atom is 0.153 e. The van der Waals surface area contributed by atoms with Gasteiger partial charge in [-0.3, -0.25) is 0 Å². The summed E-state index contributed by atoms with van der Waals surface area (Å²) in [6, 6.07) is 7.89. The van der Waals surface area contributed by atoms with Crippen LogP contribution in [0.5, 0.6) is 0 Å². The summed E-state index contributed by atoms with van der Waals surface area (Å²) in [5, 5.41) is 10.5.